The summed E-state index contributed by atoms with van der Waals surface area (Å²) in [6.45, 7) is 5.90. The number of anilines is 1. The molecule has 0 unspecified atom stereocenters. The van der Waals surface area contributed by atoms with Crippen LogP contribution in [0.1, 0.15) is 24.1 Å². The fraction of sp³-hybridized carbons (Fsp3) is 0.318. The van der Waals surface area contributed by atoms with Crippen LogP contribution in [0, 0.1) is 13.8 Å². The third-order valence-corrected chi connectivity index (χ3v) is 5.47. The predicted octanol–water partition coefficient (Wildman–Crippen LogP) is 4.86. The lowest BCUT2D eigenvalue weighted by atomic mass is 10.1. The van der Waals surface area contributed by atoms with Crippen LogP contribution >= 0.6 is 11.6 Å². The number of aryl methyl sites for hydroxylation is 1. The number of hydrogen-bond acceptors (Lipinski definition) is 5. The van der Waals surface area contributed by atoms with E-state index < -0.39 is 0 Å². The molecule has 0 radical (unpaired) electrons. The molecule has 4 rings (SSSR count). The number of benzene rings is 1. The van der Waals surface area contributed by atoms with Gasteiger partial charge in [0.05, 0.1) is 5.02 Å². The molecular weight excluding hydrogens is 372 g/mol. The van der Waals surface area contributed by atoms with Crippen molar-refractivity contribution in [1.82, 2.24) is 15.0 Å². The van der Waals surface area contributed by atoms with E-state index in [0.717, 1.165) is 60.1 Å². The molecule has 28 heavy (non-hydrogen) atoms. The summed E-state index contributed by atoms with van der Waals surface area (Å²) >= 11 is 6.22. The van der Waals surface area contributed by atoms with Crippen molar-refractivity contribution in [3.8, 4) is 17.1 Å². The summed E-state index contributed by atoms with van der Waals surface area (Å²) in [5, 5.41) is 0.660. The second kappa shape index (κ2) is 8.15. The Bertz CT molecular complexity index is 956. The van der Waals surface area contributed by atoms with Crippen LogP contribution in [0.4, 0.5) is 5.82 Å². The van der Waals surface area contributed by atoms with Crippen molar-refractivity contribution in [3.05, 3.63) is 65.1 Å². The number of rotatable bonds is 4. The standard InChI is InChI=1S/C22H23ClN4O/c1-15-16(2)25-21(17-6-5-11-24-14-17)26-22(15)27-12-9-18(10-13-27)28-20-8-4-3-7-19(20)23/h3-8,11,14,18H,9-10,12-13H2,1-2H3. The Morgan fingerprint density at radius 2 is 1.82 bits per heavy atom. The highest BCUT2D eigenvalue weighted by Gasteiger charge is 2.24. The number of pyridine rings is 1. The maximum atomic E-state index is 6.22. The van der Waals surface area contributed by atoms with Gasteiger partial charge in [-0.25, -0.2) is 9.97 Å². The fourth-order valence-electron chi connectivity index (χ4n) is 3.45. The molecule has 0 atom stereocenters. The van der Waals surface area contributed by atoms with Crippen LogP contribution in [-0.2, 0) is 0 Å². The summed E-state index contributed by atoms with van der Waals surface area (Å²) in [6.07, 6.45) is 5.58. The summed E-state index contributed by atoms with van der Waals surface area (Å²) < 4.78 is 6.12. The predicted molar refractivity (Wildman–Crippen MR) is 112 cm³/mol. The first-order valence-electron chi connectivity index (χ1n) is 9.53. The molecule has 2 aromatic heterocycles. The first kappa shape index (κ1) is 18.7. The van der Waals surface area contributed by atoms with Gasteiger partial charge in [-0.2, -0.15) is 0 Å². The van der Waals surface area contributed by atoms with E-state index in [1.165, 1.54) is 0 Å². The number of aromatic nitrogens is 3. The first-order chi connectivity index (χ1) is 13.6. The van der Waals surface area contributed by atoms with E-state index in [2.05, 4.69) is 21.8 Å². The minimum absolute atomic E-state index is 0.164. The molecule has 144 valence electrons. The summed E-state index contributed by atoms with van der Waals surface area (Å²) in [7, 11) is 0. The molecular formula is C22H23ClN4O. The Labute approximate surface area is 170 Å². The monoisotopic (exact) mass is 394 g/mol. The molecule has 0 aliphatic carbocycles. The van der Waals surface area contributed by atoms with Gasteiger partial charge in [-0.15, -0.1) is 0 Å². The topological polar surface area (TPSA) is 51.1 Å². The van der Waals surface area contributed by atoms with E-state index in [4.69, 9.17) is 21.3 Å². The second-order valence-electron chi connectivity index (χ2n) is 7.06. The average molecular weight is 395 g/mol. The van der Waals surface area contributed by atoms with E-state index >= 15 is 0 Å². The molecule has 1 fully saturated rings. The van der Waals surface area contributed by atoms with Crippen molar-refractivity contribution < 1.29 is 4.74 Å². The molecule has 3 heterocycles. The molecule has 0 saturated carbocycles. The van der Waals surface area contributed by atoms with Crippen molar-refractivity contribution in [2.75, 3.05) is 18.0 Å². The Morgan fingerprint density at radius 3 is 2.54 bits per heavy atom. The molecule has 0 spiro atoms. The Hall–Kier alpha value is -2.66. The Balaban J connectivity index is 1.50. The van der Waals surface area contributed by atoms with Gasteiger partial charge in [-0.1, -0.05) is 23.7 Å². The highest BCUT2D eigenvalue weighted by atomic mass is 35.5. The Kier molecular flexibility index (Phi) is 5.44. The smallest absolute Gasteiger partial charge is 0.163 e. The molecule has 1 aliphatic heterocycles. The van der Waals surface area contributed by atoms with Crippen LogP contribution in [-0.4, -0.2) is 34.1 Å². The van der Waals surface area contributed by atoms with Crippen LogP contribution in [0.15, 0.2) is 48.8 Å². The highest BCUT2D eigenvalue weighted by molar-refractivity contribution is 6.32. The second-order valence-corrected chi connectivity index (χ2v) is 7.46. The molecule has 0 amide bonds. The van der Waals surface area contributed by atoms with Crippen LogP contribution in [0.5, 0.6) is 5.75 Å². The lowest BCUT2D eigenvalue weighted by Gasteiger charge is -2.34. The van der Waals surface area contributed by atoms with Crippen molar-refractivity contribution in [2.24, 2.45) is 0 Å². The number of nitrogens with zero attached hydrogens (tertiary/aromatic N) is 4. The first-order valence-corrected chi connectivity index (χ1v) is 9.91. The van der Waals surface area contributed by atoms with Gasteiger partial charge in [0.25, 0.3) is 0 Å². The van der Waals surface area contributed by atoms with Gasteiger partial charge in [0.15, 0.2) is 5.82 Å². The zero-order valence-corrected chi connectivity index (χ0v) is 16.9. The lowest BCUT2D eigenvalue weighted by Crippen LogP contribution is -2.39. The number of hydrogen-bond donors (Lipinski definition) is 0. The van der Waals surface area contributed by atoms with E-state index in [9.17, 15) is 0 Å². The van der Waals surface area contributed by atoms with Crippen LogP contribution in [0.2, 0.25) is 5.02 Å². The summed E-state index contributed by atoms with van der Waals surface area (Å²) in [5.74, 6) is 2.48. The fourth-order valence-corrected chi connectivity index (χ4v) is 3.63. The molecule has 1 aromatic carbocycles. The van der Waals surface area contributed by atoms with Crippen molar-refractivity contribution in [1.29, 1.82) is 0 Å². The number of ether oxygens (including phenoxy) is 1. The van der Waals surface area contributed by atoms with Gasteiger partial charge in [-0.3, -0.25) is 4.98 Å². The molecule has 0 bridgehead atoms. The van der Waals surface area contributed by atoms with Gasteiger partial charge < -0.3 is 9.64 Å². The van der Waals surface area contributed by atoms with Gasteiger partial charge >= 0.3 is 0 Å². The number of para-hydroxylation sites is 1. The minimum atomic E-state index is 0.164. The number of piperidine rings is 1. The summed E-state index contributed by atoms with van der Waals surface area (Å²) in [6, 6.07) is 11.5. The third kappa shape index (κ3) is 3.94. The molecule has 6 heteroatoms. The summed E-state index contributed by atoms with van der Waals surface area (Å²) in [4.78, 5) is 16.0. The average Bonchev–Trinajstić information content (AvgIpc) is 2.73. The molecule has 1 aliphatic rings. The maximum absolute atomic E-state index is 6.22. The Morgan fingerprint density at radius 1 is 1.04 bits per heavy atom. The van der Waals surface area contributed by atoms with Crippen molar-refractivity contribution in [2.45, 2.75) is 32.8 Å². The number of halogens is 1. The van der Waals surface area contributed by atoms with Crippen molar-refractivity contribution >= 4 is 17.4 Å². The van der Waals surface area contributed by atoms with E-state index in [-0.39, 0.29) is 6.10 Å². The minimum Gasteiger partial charge on any atom is -0.489 e. The SMILES string of the molecule is Cc1nc(-c2cccnc2)nc(N2CCC(Oc3ccccc3Cl)CC2)c1C. The third-order valence-electron chi connectivity index (χ3n) is 5.16. The molecule has 3 aromatic rings. The van der Waals surface area contributed by atoms with Gasteiger partial charge in [0.1, 0.15) is 17.7 Å². The van der Waals surface area contributed by atoms with Gasteiger partial charge in [0, 0.05) is 55.1 Å². The zero-order valence-electron chi connectivity index (χ0n) is 16.1. The van der Waals surface area contributed by atoms with E-state index in [1.54, 1.807) is 12.4 Å². The van der Waals surface area contributed by atoms with Crippen LogP contribution < -0.4 is 9.64 Å². The van der Waals surface area contributed by atoms with E-state index in [0.29, 0.717) is 5.02 Å². The zero-order chi connectivity index (χ0) is 19.5. The maximum Gasteiger partial charge on any atom is 0.163 e. The van der Waals surface area contributed by atoms with Gasteiger partial charge in [-0.05, 0) is 38.1 Å². The summed E-state index contributed by atoms with van der Waals surface area (Å²) in [5.41, 5.74) is 3.06. The molecule has 0 N–H and O–H groups in total. The molecule has 5 nitrogen and oxygen atoms in total. The van der Waals surface area contributed by atoms with Crippen LogP contribution in [0.3, 0.4) is 0 Å². The quantitative estimate of drug-likeness (QED) is 0.632. The van der Waals surface area contributed by atoms with Gasteiger partial charge in [0.2, 0.25) is 0 Å². The normalized spacial score (nSPS) is 14.9. The largest absolute Gasteiger partial charge is 0.489 e. The molecule has 1 saturated heterocycles. The highest BCUT2D eigenvalue weighted by Crippen LogP contribution is 2.30. The van der Waals surface area contributed by atoms with E-state index in [1.807, 2.05) is 43.3 Å². The van der Waals surface area contributed by atoms with Crippen molar-refractivity contribution in [3.63, 3.8) is 0 Å². The lowest BCUT2D eigenvalue weighted by molar-refractivity contribution is 0.171. The van der Waals surface area contributed by atoms with Crippen LogP contribution in [0.25, 0.3) is 11.4 Å².